The molecule has 1 fully saturated rings. The first kappa shape index (κ1) is 13.6. The molecule has 3 rings (SSSR count). The SMILES string of the molecule is Cc1ccc(C(=O)N2CCN(c3ncc(C)s3)CC2)s1. The second-order valence-electron chi connectivity index (χ2n) is 4.94. The van der Waals surface area contributed by atoms with Gasteiger partial charge in [-0.25, -0.2) is 4.98 Å². The lowest BCUT2D eigenvalue weighted by Crippen LogP contribution is -2.48. The summed E-state index contributed by atoms with van der Waals surface area (Å²) in [6, 6.07) is 3.94. The Hall–Kier alpha value is -1.40. The molecule has 2 aromatic heterocycles. The number of nitrogens with zero attached hydrogens (tertiary/aromatic N) is 3. The van der Waals surface area contributed by atoms with Crippen LogP contribution in [0.25, 0.3) is 0 Å². The number of carbonyl (C=O) groups excluding carboxylic acids is 1. The standard InChI is InChI=1S/C14H17N3OS2/c1-10-3-4-12(19-10)13(18)16-5-7-17(8-6-16)14-15-9-11(2)20-14/h3-4,9H,5-8H2,1-2H3. The lowest BCUT2D eigenvalue weighted by atomic mass is 10.3. The molecule has 0 aliphatic carbocycles. The van der Waals surface area contributed by atoms with Crippen molar-refractivity contribution in [3.8, 4) is 0 Å². The molecule has 106 valence electrons. The van der Waals surface area contributed by atoms with Gasteiger partial charge in [0.2, 0.25) is 0 Å². The Balaban J connectivity index is 1.62. The van der Waals surface area contributed by atoms with Crippen LogP contribution in [0.15, 0.2) is 18.3 Å². The fourth-order valence-electron chi connectivity index (χ4n) is 2.30. The largest absolute Gasteiger partial charge is 0.345 e. The van der Waals surface area contributed by atoms with E-state index in [1.54, 1.807) is 22.7 Å². The van der Waals surface area contributed by atoms with Gasteiger partial charge in [-0.3, -0.25) is 4.79 Å². The van der Waals surface area contributed by atoms with Gasteiger partial charge in [0.15, 0.2) is 5.13 Å². The molecule has 0 saturated carbocycles. The first-order valence-corrected chi connectivity index (χ1v) is 8.30. The van der Waals surface area contributed by atoms with E-state index in [-0.39, 0.29) is 5.91 Å². The van der Waals surface area contributed by atoms with Crippen LogP contribution in [-0.4, -0.2) is 42.0 Å². The molecular weight excluding hydrogens is 290 g/mol. The molecule has 0 radical (unpaired) electrons. The zero-order valence-electron chi connectivity index (χ0n) is 11.6. The number of piperazine rings is 1. The van der Waals surface area contributed by atoms with Gasteiger partial charge in [-0.1, -0.05) is 0 Å². The average molecular weight is 307 g/mol. The molecule has 6 heteroatoms. The summed E-state index contributed by atoms with van der Waals surface area (Å²) in [5.74, 6) is 0.165. The number of aromatic nitrogens is 1. The Bertz CT molecular complexity index is 611. The van der Waals surface area contributed by atoms with Crippen molar-refractivity contribution in [1.29, 1.82) is 0 Å². The van der Waals surface area contributed by atoms with Gasteiger partial charge in [-0.05, 0) is 26.0 Å². The number of hydrogen-bond donors (Lipinski definition) is 0. The minimum atomic E-state index is 0.165. The summed E-state index contributed by atoms with van der Waals surface area (Å²) < 4.78 is 0. The number of amides is 1. The van der Waals surface area contributed by atoms with Crippen LogP contribution < -0.4 is 4.90 Å². The molecule has 0 N–H and O–H groups in total. The van der Waals surface area contributed by atoms with Crippen LogP contribution in [0.4, 0.5) is 5.13 Å². The normalized spacial score (nSPS) is 15.7. The summed E-state index contributed by atoms with van der Waals surface area (Å²) in [6.45, 7) is 7.37. The smallest absolute Gasteiger partial charge is 0.264 e. The van der Waals surface area contributed by atoms with E-state index < -0.39 is 0 Å². The van der Waals surface area contributed by atoms with Gasteiger partial charge in [0.25, 0.3) is 5.91 Å². The number of thiazole rings is 1. The Morgan fingerprint density at radius 1 is 1.10 bits per heavy atom. The molecule has 1 aliphatic rings. The average Bonchev–Trinajstić information content (AvgIpc) is 3.07. The molecule has 0 spiro atoms. The topological polar surface area (TPSA) is 36.4 Å². The third kappa shape index (κ3) is 2.71. The Kier molecular flexibility index (Phi) is 3.76. The lowest BCUT2D eigenvalue weighted by Gasteiger charge is -2.34. The van der Waals surface area contributed by atoms with Crippen molar-refractivity contribution >= 4 is 33.7 Å². The molecule has 0 aromatic carbocycles. The van der Waals surface area contributed by atoms with Crippen LogP contribution >= 0.6 is 22.7 Å². The van der Waals surface area contributed by atoms with Crippen LogP contribution in [0.2, 0.25) is 0 Å². The highest BCUT2D eigenvalue weighted by Crippen LogP contribution is 2.24. The Labute approximate surface area is 126 Å². The third-order valence-corrected chi connectivity index (χ3v) is 5.36. The van der Waals surface area contributed by atoms with Crippen molar-refractivity contribution in [1.82, 2.24) is 9.88 Å². The van der Waals surface area contributed by atoms with Gasteiger partial charge < -0.3 is 9.80 Å². The predicted octanol–water partition coefficient (Wildman–Crippen LogP) is 2.78. The molecule has 4 nitrogen and oxygen atoms in total. The highest BCUT2D eigenvalue weighted by Gasteiger charge is 2.24. The van der Waals surface area contributed by atoms with Crippen LogP contribution in [0.5, 0.6) is 0 Å². The van der Waals surface area contributed by atoms with E-state index in [0.29, 0.717) is 0 Å². The summed E-state index contributed by atoms with van der Waals surface area (Å²) >= 11 is 3.29. The molecule has 20 heavy (non-hydrogen) atoms. The van der Waals surface area contributed by atoms with Crippen molar-refractivity contribution in [3.63, 3.8) is 0 Å². The van der Waals surface area contributed by atoms with Crippen LogP contribution in [0, 0.1) is 13.8 Å². The predicted molar refractivity (Wildman–Crippen MR) is 84.0 cm³/mol. The maximum atomic E-state index is 12.4. The van der Waals surface area contributed by atoms with Gasteiger partial charge in [0.05, 0.1) is 4.88 Å². The molecule has 1 saturated heterocycles. The molecule has 2 aromatic rings. The van der Waals surface area contributed by atoms with Gasteiger partial charge in [0, 0.05) is 42.1 Å². The van der Waals surface area contributed by atoms with E-state index in [1.165, 1.54) is 9.75 Å². The van der Waals surface area contributed by atoms with Crippen molar-refractivity contribution < 1.29 is 4.79 Å². The third-order valence-electron chi connectivity index (χ3n) is 3.40. The summed E-state index contributed by atoms with van der Waals surface area (Å²) in [4.78, 5) is 24.3. The summed E-state index contributed by atoms with van der Waals surface area (Å²) in [5, 5.41) is 1.07. The molecular formula is C14H17N3OS2. The Morgan fingerprint density at radius 3 is 2.40 bits per heavy atom. The number of carbonyl (C=O) groups is 1. The monoisotopic (exact) mass is 307 g/mol. The van der Waals surface area contributed by atoms with E-state index in [1.807, 2.05) is 30.2 Å². The summed E-state index contributed by atoms with van der Waals surface area (Å²) in [6.07, 6.45) is 1.91. The van der Waals surface area contributed by atoms with Gasteiger partial charge in [0.1, 0.15) is 0 Å². The van der Waals surface area contributed by atoms with E-state index in [0.717, 1.165) is 36.2 Å². The fourth-order valence-corrected chi connectivity index (χ4v) is 3.94. The minimum Gasteiger partial charge on any atom is -0.345 e. The molecule has 1 aliphatic heterocycles. The fraction of sp³-hybridized carbons (Fsp3) is 0.429. The zero-order chi connectivity index (χ0) is 14.1. The van der Waals surface area contributed by atoms with Crippen LogP contribution in [0.3, 0.4) is 0 Å². The van der Waals surface area contributed by atoms with Gasteiger partial charge in [-0.2, -0.15) is 0 Å². The number of aryl methyl sites for hydroxylation is 2. The van der Waals surface area contributed by atoms with Crippen molar-refractivity contribution in [2.24, 2.45) is 0 Å². The molecule has 3 heterocycles. The molecule has 0 bridgehead atoms. The van der Waals surface area contributed by atoms with E-state index >= 15 is 0 Å². The quantitative estimate of drug-likeness (QED) is 0.856. The van der Waals surface area contributed by atoms with E-state index in [4.69, 9.17) is 0 Å². The van der Waals surface area contributed by atoms with Gasteiger partial charge >= 0.3 is 0 Å². The number of hydrogen-bond acceptors (Lipinski definition) is 5. The zero-order valence-corrected chi connectivity index (χ0v) is 13.3. The summed E-state index contributed by atoms with van der Waals surface area (Å²) in [7, 11) is 0. The van der Waals surface area contributed by atoms with Gasteiger partial charge in [-0.15, -0.1) is 22.7 Å². The first-order chi connectivity index (χ1) is 9.63. The molecule has 0 unspecified atom stereocenters. The van der Waals surface area contributed by atoms with Crippen LogP contribution in [-0.2, 0) is 0 Å². The van der Waals surface area contributed by atoms with Crippen molar-refractivity contribution in [2.45, 2.75) is 13.8 Å². The van der Waals surface area contributed by atoms with Crippen molar-refractivity contribution in [3.05, 3.63) is 33.0 Å². The van der Waals surface area contributed by atoms with E-state index in [2.05, 4.69) is 16.8 Å². The second kappa shape index (κ2) is 5.54. The molecule has 0 atom stereocenters. The van der Waals surface area contributed by atoms with E-state index in [9.17, 15) is 4.79 Å². The second-order valence-corrected chi connectivity index (χ2v) is 7.44. The lowest BCUT2D eigenvalue weighted by molar-refractivity contribution is 0.0751. The summed E-state index contributed by atoms with van der Waals surface area (Å²) in [5.41, 5.74) is 0. The first-order valence-electron chi connectivity index (χ1n) is 6.66. The minimum absolute atomic E-state index is 0.165. The Morgan fingerprint density at radius 2 is 1.85 bits per heavy atom. The van der Waals surface area contributed by atoms with Crippen LogP contribution in [0.1, 0.15) is 19.4 Å². The maximum Gasteiger partial charge on any atom is 0.264 e. The highest BCUT2D eigenvalue weighted by molar-refractivity contribution is 7.15. The number of rotatable bonds is 2. The highest BCUT2D eigenvalue weighted by atomic mass is 32.1. The van der Waals surface area contributed by atoms with Crippen molar-refractivity contribution in [2.75, 3.05) is 31.1 Å². The molecule has 1 amide bonds. The number of thiophene rings is 1. The number of anilines is 1. The maximum absolute atomic E-state index is 12.4.